The highest BCUT2D eigenvalue weighted by Gasteiger charge is 2.11. The molecule has 1 atom stereocenters. The zero-order chi connectivity index (χ0) is 12.0. The molecule has 0 spiro atoms. The third-order valence-electron chi connectivity index (χ3n) is 2.17. The van der Waals surface area contributed by atoms with E-state index in [1.165, 1.54) is 6.07 Å². The Hall–Kier alpha value is -1.93. The van der Waals surface area contributed by atoms with Crippen molar-refractivity contribution < 1.29 is 4.92 Å². The first-order valence-electron chi connectivity index (χ1n) is 4.97. The molecule has 0 radical (unpaired) electrons. The molecule has 0 bridgehead atoms. The maximum atomic E-state index is 10.7. The van der Waals surface area contributed by atoms with Gasteiger partial charge in [-0.1, -0.05) is 18.2 Å². The average molecular weight is 219 g/mol. The van der Waals surface area contributed by atoms with Gasteiger partial charge in [-0.3, -0.25) is 10.1 Å². The van der Waals surface area contributed by atoms with Crippen molar-refractivity contribution in [1.29, 1.82) is 5.26 Å². The van der Waals surface area contributed by atoms with E-state index < -0.39 is 4.92 Å². The molecule has 0 aliphatic heterocycles. The predicted octanol–water partition coefficient (Wildman–Crippen LogP) is 1.84. The highest BCUT2D eigenvalue weighted by atomic mass is 16.6. The standard InChI is InChI=1S/C11H13N3O2/c1-9(6-12)7-13-8-10-4-2-3-5-11(10)14(15)16/h2-5,9,13H,7-8H2,1H3. The minimum absolute atomic E-state index is 0.0947. The van der Waals surface area contributed by atoms with E-state index in [0.717, 1.165) is 0 Å². The summed E-state index contributed by atoms with van der Waals surface area (Å²) in [6, 6.07) is 8.68. The fourth-order valence-corrected chi connectivity index (χ4v) is 1.31. The van der Waals surface area contributed by atoms with Gasteiger partial charge in [0, 0.05) is 24.7 Å². The van der Waals surface area contributed by atoms with Crippen LogP contribution in [-0.2, 0) is 6.54 Å². The zero-order valence-corrected chi connectivity index (χ0v) is 9.01. The molecule has 1 unspecified atom stereocenters. The molecule has 0 aliphatic carbocycles. The summed E-state index contributed by atoms with van der Waals surface area (Å²) in [7, 11) is 0. The van der Waals surface area contributed by atoms with Gasteiger partial charge in [0.05, 0.1) is 16.9 Å². The number of nitrogens with zero attached hydrogens (tertiary/aromatic N) is 2. The van der Waals surface area contributed by atoms with E-state index in [1.54, 1.807) is 25.1 Å². The molecule has 0 fully saturated rings. The molecule has 1 rings (SSSR count). The van der Waals surface area contributed by atoms with Gasteiger partial charge in [0.25, 0.3) is 5.69 Å². The van der Waals surface area contributed by atoms with Crippen LogP contribution < -0.4 is 5.32 Å². The summed E-state index contributed by atoms with van der Waals surface area (Å²) in [4.78, 5) is 10.3. The third-order valence-corrected chi connectivity index (χ3v) is 2.17. The highest BCUT2D eigenvalue weighted by Crippen LogP contribution is 2.16. The highest BCUT2D eigenvalue weighted by molar-refractivity contribution is 5.39. The van der Waals surface area contributed by atoms with Crippen LogP contribution in [-0.4, -0.2) is 11.5 Å². The van der Waals surface area contributed by atoms with Gasteiger partial charge in [0.1, 0.15) is 0 Å². The maximum absolute atomic E-state index is 10.7. The summed E-state index contributed by atoms with van der Waals surface area (Å²) in [5.41, 5.74) is 0.747. The number of rotatable bonds is 5. The van der Waals surface area contributed by atoms with E-state index in [4.69, 9.17) is 5.26 Å². The molecule has 1 aromatic rings. The SMILES string of the molecule is CC(C#N)CNCc1ccccc1[N+](=O)[O-]. The van der Waals surface area contributed by atoms with Crippen LogP contribution in [0.1, 0.15) is 12.5 Å². The summed E-state index contributed by atoms with van der Waals surface area (Å²) >= 11 is 0. The molecule has 1 N–H and O–H groups in total. The van der Waals surface area contributed by atoms with Crippen LogP contribution in [0.2, 0.25) is 0 Å². The second-order valence-corrected chi connectivity index (χ2v) is 3.55. The monoisotopic (exact) mass is 219 g/mol. The number of nitrogens with one attached hydrogen (secondary N) is 1. The molecule has 0 aliphatic rings. The van der Waals surface area contributed by atoms with Crippen molar-refractivity contribution in [3.05, 3.63) is 39.9 Å². The lowest BCUT2D eigenvalue weighted by molar-refractivity contribution is -0.385. The smallest absolute Gasteiger partial charge is 0.273 e. The first-order chi connectivity index (χ1) is 7.65. The van der Waals surface area contributed by atoms with Crippen LogP contribution in [0.4, 0.5) is 5.69 Å². The third kappa shape index (κ3) is 3.33. The Labute approximate surface area is 93.9 Å². The number of benzene rings is 1. The topological polar surface area (TPSA) is 79.0 Å². The summed E-state index contributed by atoms with van der Waals surface area (Å²) in [5.74, 6) is -0.0947. The Balaban J connectivity index is 2.61. The minimum atomic E-state index is -0.398. The van der Waals surface area contributed by atoms with Crippen molar-refractivity contribution in [3.63, 3.8) is 0 Å². The molecule has 1 aromatic carbocycles. The molecule has 0 saturated heterocycles. The van der Waals surface area contributed by atoms with E-state index in [2.05, 4.69) is 11.4 Å². The van der Waals surface area contributed by atoms with Gasteiger partial charge in [-0.05, 0) is 6.92 Å². The average Bonchev–Trinajstić information content (AvgIpc) is 2.29. The molecule has 5 heteroatoms. The van der Waals surface area contributed by atoms with E-state index in [-0.39, 0.29) is 11.6 Å². The largest absolute Gasteiger partial charge is 0.311 e. The van der Waals surface area contributed by atoms with Crippen molar-refractivity contribution >= 4 is 5.69 Å². The molecule has 16 heavy (non-hydrogen) atoms. The first-order valence-corrected chi connectivity index (χ1v) is 4.97. The van der Waals surface area contributed by atoms with Gasteiger partial charge in [0.2, 0.25) is 0 Å². The van der Waals surface area contributed by atoms with Crippen LogP contribution in [0.3, 0.4) is 0 Å². The van der Waals surface area contributed by atoms with Gasteiger partial charge in [-0.15, -0.1) is 0 Å². The summed E-state index contributed by atoms with van der Waals surface area (Å²) in [5, 5.41) is 22.3. The number of hydrogen-bond acceptors (Lipinski definition) is 4. The van der Waals surface area contributed by atoms with Gasteiger partial charge in [-0.25, -0.2) is 0 Å². The Morgan fingerprint density at radius 1 is 1.56 bits per heavy atom. The van der Waals surface area contributed by atoms with Crippen molar-refractivity contribution in [1.82, 2.24) is 5.32 Å². The van der Waals surface area contributed by atoms with Crippen molar-refractivity contribution in [2.24, 2.45) is 5.92 Å². The summed E-state index contributed by atoms with van der Waals surface area (Å²) in [6.07, 6.45) is 0. The number of nitriles is 1. The Morgan fingerprint density at radius 3 is 2.88 bits per heavy atom. The van der Waals surface area contributed by atoms with Gasteiger partial charge in [0.15, 0.2) is 0 Å². The van der Waals surface area contributed by atoms with E-state index in [0.29, 0.717) is 18.7 Å². The normalized spacial score (nSPS) is 11.8. The van der Waals surface area contributed by atoms with Gasteiger partial charge >= 0.3 is 0 Å². The lowest BCUT2D eigenvalue weighted by Gasteiger charge is -2.06. The lowest BCUT2D eigenvalue weighted by atomic mass is 10.1. The predicted molar refractivity (Wildman–Crippen MR) is 59.6 cm³/mol. The fourth-order valence-electron chi connectivity index (χ4n) is 1.31. The van der Waals surface area contributed by atoms with E-state index >= 15 is 0 Å². The van der Waals surface area contributed by atoms with Gasteiger partial charge in [-0.2, -0.15) is 5.26 Å². The van der Waals surface area contributed by atoms with Crippen LogP contribution in [0.15, 0.2) is 24.3 Å². The first kappa shape index (κ1) is 12.1. The van der Waals surface area contributed by atoms with Gasteiger partial charge < -0.3 is 5.32 Å². The van der Waals surface area contributed by atoms with E-state index in [1.807, 2.05) is 0 Å². The number of nitro groups is 1. The molecule has 5 nitrogen and oxygen atoms in total. The Morgan fingerprint density at radius 2 is 2.25 bits per heavy atom. The molecular formula is C11H13N3O2. The molecular weight excluding hydrogens is 206 g/mol. The second-order valence-electron chi connectivity index (χ2n) is 3.55. The second kappa shape index (κ2) is 5.83. The quantitative estimate of drug-likeness (QED) is 0.605. The van der Waals surface area contributed by atoms with Crippen molar-refractivity contribution in [2.45, 2.75) is 13.5 Å². The minimum Gasteiger partial charge on any atom is -0.311 e. The van der Waals surface area contributed by atoms with Crippen LogP contribution >= 0.6 is 0 Å². The Kier molecular flexibility index (Phi) is 4.42. The van der Waals surface area contributed by atoms with Crippen LogP contribution in [0.25, 0.3) is 0 Å². The number of hydrogen-bond donors (Lipinski definition) is 1. The maximum Gasteiger partial charge on any atom is 0.273 e. The lowest BCUT2D eigenvalue weighted by Crippen LogP contribution is -2.20. The Bertz CT molecular complexity index is 412. The summed E-state index contributed by atoms with van der Waals surface area (Å²) in [6.45, 7) is 2.73. The summed E-state index contributed by atoms with van der Waals surface area (Å²) < 4.78 is 0. The molecule has 0 aromatic heterocycles. The fraction of sp³-hybridized carbons (Fsp3) is 0.364. The number of nitro benzene ring substituents is 1. The van der Waals surface area contributed by atoms with Crippen LogP contribution in [0.5, 0.6) is 0 Å². The zero-order valence-electron chi connectivity index (χ0n) is 9.01. The van der Waals surface area contributed by atoms with Crippen LogP contribution in [0, 0.1) is 27.4 Å². The molecule has 0 saturated carbocycles. The van der Waals surface area contributed by atoms with Crippen molar-refractivity contribution in [2.75, 3.05) is 6.54 Å². The molecule has 0 amide bonds. The van der Waals surface area contributed by atoms with Crippen molar-refractivity contribution in [3.8, 4) is 6.07 Å². The number of para-hydroxylation sites is 1. The molecule has 0 heterocycles. The molecule has 84 valence electrons. The van der Waals surface area contributed by atoms with E-state index in [9.17, 15) is 10.1 Å².